The lowest BCUT2D eigenvalue weighted by Crippen LogP contribution is -2.05. The Labute approximate surface area is 147 Å². The number of ketones is 1. The summed E-state index contributed by atoms with van der Waals surface area (Å²) in [6.07, 6.45) is 3.20. The first-order valence-corrected chi connectivity index (χ1v) is 7.70. The first-order valence-electron chi connectivity index (χ1n) is 7.70. The molecule has 0 aromatic heterocycles. The van der Waals surface area contributed by atoms with E-state index >= 15 is 0 Å². The van der Waals surface area contributed by atoms with Crippen molar-refractivity contribution in [1.29, 1.82) is 5.26 Å². The van der Waals surface area contributed by atoms with Gasteiger partial charge in [-0.3, -0.25) is 4.79 Å². The molecule has 2 aromatic rings. The third-order valence-corrected chi connectivity index (χ3v) is 3.46. The lowest BCUT2D eigenvalue weighted by molar-refractivity contribution is 0.104. The Hall–Kier alpha value is -3.10. The van der Waals surface area contributed by atoms with Gasteiger partial charge in [0.25, 0.3) is 0 Å². The Bertz CT molecular complexity index is 788. The number of nitrogens with zero attached hydrogens (tertiary/aromatic N) is 1. The second-order valence-corrected chi connectivity index (χ2v) is 5.14. The van der Waals surface area contributed by atoms with Crippen LogP contribution in [0.25, 0.3) is 6.08 Å². The molecule has 25 heavy (non-hydrogen) atoms. The number of ether oxygens (including phenoxy) is 3. The van der Waals surface area contributed by atoms with Crippen molar-refractivity contribution in [3.05, 3.63) is 65.2 Å². The zero-order chi connectivity index (χ0) is 18.1. The van der Waals surface area contributed by atoms with E-state index in [-0.39, 0.29) is 5.78 Å². The number of carbonyl (C=O) groups excluding carboxylic acids is 1. The van der Waals surface area contributed by atoms with Crippen molar-refractivity contribution in [2.24, 2.45) is 0 Å². The van der Waals surface area contributed by atoms with Crippen molar-refractivity contribution in [3.63, 3.8) is 0 Å². The van der Waals surface area contributed by atoms with E-state index in [1.165, 1.54) is 6.08 Å². The van der Waals surface area contributed by atoms with E-state index in [1.807, 2.05) is 12.1 Å². The molecule has 0 radical (unpaired) electrons. The normalized spacial score (nSPS) is 10.4. The Morgan fingerprint density at radius 3 is 2.48 bits per heavy atom. The molecule has 0 amide bonds. The standard InChI is InChI=1S/C20H19NO4/c1-23-11-12-25-19-10-6-15(13-20(19)24-2)5-9-18(22)17-7-3-16(14-21)4-8-17/h3-10,13H,11-12H2,1-2H3. The minimum Gasteiger partial charge on any atom is -0.493 e. The molecule has 0 saturated heterocycles. The zero-order valence-electron chi connectivity index (χ0n) is 14.2. The lowest BCUT2D eigenvalue weighted by atomic mass is 10.1. The molecule has 0 aliphatic carbocycles. The number of hydrogen-bond acceptors (Lipinski definition) is 5. The van der Waals surface area contributed by atoms with Gasteiger partial charge in [-0.2, -0.15) is 5.26 Å². The fourth-order valence-corrected chi connectivity index (χ4v) is 2.12. The van der Waals surface area contributed by atoms with Crippen molar-refractivity contribution >= 4 is 11.9 Å². The zero-order valence-corrected chi connectivity index (χ0v) is 14.2. The molecule has 2 aromatic carbocycles. The van der Waals surface area contributed by atoms with E-state index in [0.717, 1.165) is 5.56 Å². The Morgan fingerprint density at radius 1 is 1.08 bits per heavy atom. The highest BCUT2D eigenvalue weighted by Crippen LogP contribution is 2.28. The molecular weight excluding hydrogens is 318 g/mol. The van der Waals surface area contributed by atoms with Crippen molar-refractivity contribution in [1.82, 2.24) is 0 Å². The maximum atomic E-state index is 12.2. The Kier molecular flexibility index (Phi) is 6.76. The van der Waals surface area contributed by atoms with Crippen LogP contribution in [0.2, 0.25) is 0 Å². The van der Waals surface area contributed by atoms with Crippen LogP contribution in [0, 0.1) is 11.3 Å². The minimum absolute atomic E-state index is 0.135. The molecule has 0 spiro atoms. The van der Waals surface area contributed by atoms with Gasteiger partial charge in [-0.1, -0.05) is 12.1 Å². The average Bonchev–Trinajstić information content (AvgIpc) is 2.67. The van der Waals surface area contributed by atoms with E-state index < -0.39 is 0 Å². The van der Waals surface area contributed by atoms with Crippen molar-refractivity contribution in [2.75, 3.05) is 27.4 Å². The second-order valence-electron chi connectivity index (χ2n) is 5.14. The monoisotopic (exact) mass is 337 g/mol. The second kappa shape index (κ2) is 9.26. The molecule has 5 nitrogen and oxygen atoms in total. The highest BCUT2D eigenvalue weighted by molar-refractivity contribution is 6.06. The van der Waals surface area contributed by atoms with Crippen LogP contribution in [-0.4, -0.2) is 33.2 Å². The summed E-state index contributed by atoms with van der Waals surface area (Å²) in [6, 6.07) is 14.0. The van der Waals surface area contributed by atoms with Gasteiger partial charge in [0.2, 0.25) is 0 Å². The fraction of sp³-hybridized carbons (Fsp3) is 0.200. The van der Waals surface area contributed by atoms with Crippen molar-refractivity contribution in [2.45, 2.75) is 0 Å². The van der Waals surface area contributed by atoms with Crippen molar-refractivity contribution < 1.29 is 19.0 Å². The maximum Gasteiger partial charge on any atom is 0.185 e. The fourth-order valence-electron chi connectivity index (χ4n) is 2.12. The van der Waals surface area contributed by atoms with Gasteiger partial charge in [0.05, 0.1) is 25.3 Å². The molecule has 0 heterocycles. The van der Waals surface area contributed by atoms with Crippen LogP contribution in [0.5, 0.6) is 11.5 Å². The number of rotatable bonds is 8. The first-order chi connectivity index (χ1) is 12.2. The van der Waals surface area contributed by atoms with Crippen LogP contribution in [0.1, 0.15) is 21.5 Å². The molecule has 0 N–H and O–H groups in total. The molecule has 128 valence electrons. The average molecular weight is 337 g/mol. The van der Waals surface area contributed by atoms with E-state index in [9.17, 15) is 4.79 Å². The summed E-state index contributed by atoms with van der Waals surface area (Å²) in [5, 5.41) is 8.78. The topological polar surface area (TPSA) is 68.5 Å². The van der Waals surface area contributed by atoms with Gasteiger partial charge in [0.1, 0.15) is 6.61 Å². The summed E-state index contributed by atoms with van der Waals surface area (Å²) < 4.78 is 15.8. The first kappa shape index (κ1) is 18.2. The Balaban J connectivity index is 2.09. The molecule has 0 atom stereocenters. The minimum atomic E-state index is -0.135. The molecule has 0 aliphatic heterocycles. The van der Waals surface area contributed by atoms with E-state index in [0.29, 0.717) is 35.8 Å². The highest BCUT2D eigenvalue weighted by Gasteiger charge is 2.06. The van der Waals surface area contributed by atoms with Gasteiger partial charge in [-0.15, -0.1) is 0 Å². The van der Waals surface area contributed by atoms with Crippen molar-refractivity contribution in [3.8, 4) is 17.6 Å². The summed E-state index contributed by atoms with van der Waals surface area (Å²) in [4.78, 5) is 12.2. The number of hydrogen-bond donors (Lipinski definition) is 0. The van der Waals surface area contributed by atoms with E-state index in [2.05, 4.69) is 0 Å². The molecule has 0 fully saturated rings. The molecule has 0 saturated carbocycles. The van der Waals surface area contributed by atoms with Crippen LogP contribution in [0.3, 0.4) is 0 Å². The molecule has 0 unspecified atom stereocenters. The van der Waals surface area contributed by atoms with Crippen LogP contribution in [0.15, 0.2) is 48.5 Å². The smallest absolute Gasteiger partial charge is 0.185 e. The molecule has 5 heteroatoms. The van der Waals surface area contributed by atoms with E-state index in [4.69, 9.17) is 19.5 Å². The van der Waals surface area contributed by atoms with Gasteiger partial charge in [-0.05, 0) is 48.0 Å². The number of allylic oxidation sites excluding steroid dienone is 1. The predicted molar refractivity (Wildman–Crippen MR) is 94.9 cm³/mol. The lowest BCUT2D eigenvalue weighted by Gasteiger charge is -2.10. The predicted octanol–water partition coefficient (Wildman–Crippen LogP) is 3.49. The quantitative estimate of drug-likeness (QED) is 0.419. The number of nitriles is 1. The molecular formula is C20H19NO4. The molecule has 2 rings (SSSR count). The number of carbonyl (C=O) groups is 1. The summed E-state index contributed by atoms with van der Waals surface area (Å²) >= 11 is 0. The third-order valence-electron chi connectivity index (χ3n) is 3.46. The summed E-state index contributed by atoms with van der Waals surface area (Å²) in [7, 11) is 3.17. The van der Waals surface area contributed by atoms with Gasteiger partial charge in [0, 0.05) is 12.7 Å². The summed E-state index contributed by atoms with van der Waals surface area (Å²) in [5.74, 6) is 1.07. The summed E-state index contributed by atoms with van der Waals surface area (Å²) in [5.41, 5.74) is 1.87. The molecule has 0 aliphatic rings. The van der Waals surface area contributed by atoms with Gasteiger partial charge >= 0.3 is 0 Å². The van der Waals surface area contributed by atoms with Gasteiger partial charge < -0.3 is 14.2 Å². The summed E-state index contributed by atoms with van der Waals surface area (Å²) in [6.45, 7) is 0.920. The number of methoxy groups -OCH3 is 2. The highest BCUT2D eigenvalue weighted by atomic mass is 16.5. The molecule has 0 bridgehead atoms. The van der Waals surface area contributed by atoms with Crippen LogP contribution >= 0.6 is 0 Å². The van der Waals surface area contributed by atoms with Gasteiger partial charge in [0.15, 0.2) is 17.3 Å². The van der Waals surface area contributed by atoms with Crippen LogP contribution < -0.4 is 9.47 Å². The maximum absolute atomic E-state index is 12.2. The van der Waals surface area contributed by atoms with Crippen LogP contribution in [-0.2, 0) is 4.74 Å². The Morgan fingerprint density at radius 2 is 1.84 bits per heavy atom. The van der Waals surface area contributed by atoms with Gasteiger partial charge in [-0.25, -0.2) is 0 Å². The SMILES string of the molecule is COCCOc1ccc(C=CC(=O)c2ccc(C#N)cc2)cc1OC. The number of benzene rings is 2. The largest absolute Gasteiger partial charge is 0.493 e. The van der Waals surface area contributed by atoms with Crippen LogP contribution in [0.4, 0.5) is 0 Å². The van der Waals surface area contributed by atoms with E-state index in [1.54, 1.807) is 56.7 Å². The third kappa shape index (κ3) is 5.20.